The fourth-order valence-electron chi connectivity index (χ4n) is 2.57. The van der Waals surface area contributed by atoms with Gasteiger partial charge in [-0.05, 0) is 47.2 Å². The Morgan fingerprint density at radius 3 is 2.90 bits per heavy atom. The van der Waals surface area contributed by atoms with Gasteiger partial charge in [0.15, 0.2) is 0 Å². The second kappa shape index (κ2) is 6.89. The summed E-state index contributed by atoms with van der Waals surface area (Å²) in [5.74, 6) is -0.708. The van der Waals surface area contributed by atoms with E-state index >= 15 is 0 Å². The van der Waals surface area contributed by atoms with Crippen LogP contribution in [0.15, 0.2) is 21.5 Å². The number of halogens is 1. The monoisotopic (exact) mass is 356 g/mol. The molecule has 6 nitrogen and oxygen atoms in total. The minimum atomic E-state index is -0.803. The van der Waals surface area contributed by atoms with Crippen LogP contribution in [0.5, 0.6) is 0 Å². The molecule has 1 aromatic heterocycles. The molecule has 2 rings (SSSR count). The number of piperidine rings is 1. The molecular formula is C14H17BrN2O4. The molecule has 1 aliphatic rings. The second-order valence-corrected chi connectivity index (χ2v) is 6.11. The van der Waals surface area contributed by atoms with E-state index in [1.54, 1.807) is 4.90 Å². The zero-order valence-corrected chi connectivity index (χ0v) is 13.1. The maximum absolute atomic E-state index is 12.4. The van der Waals surface area contributed by atoms with Crippen LogP contribution in [0.25, 0.3) is 0 Å². The van der Waals surface area contributed by atoms with Crippen molar-refractivity contribution in [3.63, 3.8) is 0 Å². The van der Waals surface area contributed by atoms with Crippen molar-refractivity contribution in [2.45, 2.75) is 25.7 Å². The minimum absolute atomic E-state index is 0.132. The Balaban J connectivity index is 2.02. The highest BCUT2D eigenvalue weighted by atomic mass is 79.9. The summed E-state index contributed by atoms with van der Waals surface area (Å²) < 4.78 is 0.327. The Morgan fingerprint density at radius 1 is 1.48 bits per heavy atom. The van der Waals surface area contributed by atoms with Gasteiger partial charge in [-0.15, -0.1) is 0 Å². The SMILES string of the molecule is O=C(O)CC[C@@H]1CCCN(C(=O)c2c[nH]c(=O)c(Br)c2)C1. The molecule has 0 aliphatic carbocycles. The number of nitrogens with one attached hydrogen (secondary N) is 1. The predicted octanol–water partition coefficient (Wildman–Crippen LogP) is 1.85. The first-order valence-corrected chi connectivity index (χ1v) is 7.66. The third-order valence-electron chi connectivity index (χ3n) is 3.68. The van der Waals surface area contributed by atoms with Gasteiger partial charge in [0.1, 0.15) is 0 Å². The lowest BCUT2D eigenvalue weighted by molar-refractivity contribution is -0.137. The van der Waals surface area contributed by atoms with E-state index in [9.17, 15) is 14.4 Å². The average Bonchev–Trinajstić information content (AvgIpc) is 2.47. The normalized spacial score (nSPS) is 18.5. The summed E-state index contributed by atoms with van der Waals surface area (Å²) >= 11 is 3.11. The molecule has 1 aromatic rings. The predicted molar refractivity (Wildman–Crippen MR) is 80.3 cm³/mol. The number of aliphatic carboxylic acids is 1. The molecule has 1 amide bonds. The minimum Gasteiger partial charge on any atom is -0.481 e. The second-order valence-electron chi connectivity index (χ2n) is 5.26. The van der Waals surface area contributed by atoms with Crippen molar-refractivity contribution in [2.24, 2.45) is 5.92 Å². The zero-order chi connectivity index (χ0) is 15.4. The van der Waals surface area contributed by atoms with Gasteiger partial charge in [0.2, 0.25) is 0 Å². The van der Waals surface area contributed by atoms with E-state index in [0.29, 0.717) is 29.5 Å². The van der Waals surface area contributed by atoms with Crippen LogP contribution in [-0.2, 0) is 4.79 Å². The number of hydrogen-bond donors (Lipinski definition) is 2. The Hall–Kier alpha value is -1.63. The summed E-state index contributed by atoms with van der Waals surface area (Å²) in [5.41, 5.74) is 0.157. The largest absolute Gasteiger partial charge is 0.481 e. The Bertz CT molecular complexity index is 599. The van der Waals surface area contributed by atoms with Crippen molar-refractivity contribution in [1.29, 1.82) is 0 Å². The molecule has 0 radical (unpaired) electrons. The number of likely N-dealkylation sites (tertiary alicyclic amines) is 1. The van der Waals surface area contributed by atoms with E-state index in [-0.39, 0.29) is 23.8 Å². The lowest BCUT2D eigenvalue weighted by Crippen LogP contribution is -2.40. The highest BCUT2D eigenvalue weighted by Gasteiger charge is 2.25. The van der Waals surface area contributed by atoms with Crippen molar-refractivity contribution < 1.29 is 14.7 Å². The summed E-state index contributed by atoms with van der Waals surface area (Å²) in [6.45, 7) is 1.24. The van der Waals surface area contributed by atoms with Gasteiger partial charge < -0.3 is 15.0 Å². The third-order valence-corrected chi connectivity index (χ3v) is 4.27. The van der Waals surface area contributed by atoms with Crippen molar-refractivity contribution in [2.75, 3.05) is 13.1 Å². The fourth-order valence-corrected chi connectivity index (χ4v) is 2.94. The molecule has 0 saturated carbocycles. The third kappa shape index (κ3) is 4.17. The number of carboxylic acids is 1. The number of carboxylic acid groups (broad SMARTS) is 1. The Morgan fingerprint density at radius 2 is 2.24 bits per heavy atom. The first-order chi connectivity index (χ1) is 9.97. The van der Waals surface area contributed by atoms with Gasteiger partial charge in [-0.1, -0.05) is 0 Å². The quantitative estimate of drug-likeness (QED) is 0.861. The summed E-state index contributed by atoms with van der Waals surface area (Å²) in [6.07, 6.45) is 3.97. The van der Waals surface area contributed by atoms with E-state index in [1.165, 1.54) is 12.3 Å². The lowest BCUT2D eigenvalue weighted by atomic mass is 9.93. The first-order valence-electron chi connectivity index (χ1n) is 6.86. The van der Waals surface area contributed by atoms with Crippen molar-refractivity contribution in [3.05, 3.63) is 32.7 Å². The Labute approximate surface area is 130 Å². The molecule has 0 bridgehead atoms. The molecule has 2 N–H and O–H groups in total. The number of aromatic nitrogens is 1. The van der Waals surface area contributed by atoms with Gasteiger partial charge in [0.25, 0.3) is 11.5 Å². The van der Waals surface area contributed by atoms with Crippen LogP contribution in [0.3, 0.4) is 0 Å². The van der Waals surface area contributed by atoms with Crippen LogP contribution in [0.2, 0.25) is 0 Å². The van der Waals surface area contributed by atoms with E-state index in [4.69, 9.17) is 5.11 Å². The number of carbonyl (C=O) groups excluding carboxylic acids is 1. The lowest BCUT2D eigenvalue weighted by Gasteiger charge is -2.32. The summed E-state index contributed by atoms with van der Waals surface area (Å²) in [4.78, 5) is 38.6. The maximum Gasteiger partial charge on any atom is 0.303 e. The van der Waals surface area contributed by atoms with Crippen molar-refractivity contribution in [1.82, 2.24) is 9.88 Å². The van der Waals surface area contributed by atoms with Gasteiger partial charge in [0, 0.05) is 25.7 Å². The van der Waals surface area contributed by atoms with Gasteiger partial charge in [-0.25, -0.2) is 0 Å². The van der Waals surface area contributed by atoms with Crippen molar-refractivity contribution >= 4 is 27.8 Å². The molecule has 21 heavy (non-hydrogen) atoms. The number of carbonyl (C=O) groups is 2. The van der Waals surface area contributed by atoms with Gasteiger partial charge >= 0.3 is 5.97 Å². The molecule has 0 aromatic carbocycles. The number of H-pyrrole nitrogens is 1. The number of nitrogens with zero attached hydrogens (tertiary/aromatic N) is 1. The zero-order valence-electron chi connectivity index (χ0n) is 11.5. The van der Waals surface area contributed by atoms with Crippen LogP contribution in [-0.4, -0.2) is 40.0 Å². The Kier molecular flexibility index (Phi) is 5.17. The van der Waals surface area contributed by atoms with Crippen LogP contribution in [0.4, 0.5) is 0 Å². The molecule has 0 unspecified atom stereocenters. The highest BCUT2D eigenvalue weighted by molar-refractivity contribution is 9.10. The van der Waals surface area contributed by atoms with Gasteiger partial charge in [0.05, 0.1) is 10.0 Å². The highest BCUT2D eigenvalue weighted by Crippen LogP contribution is 2.22. The van der Waals surface area contributed by atoms with Gasteiger partial charge in [-0.2, -0.15) is 0 Å². The number of amides is 1. The topological polar surface area (TPSA) is 90.5 Å². The van der Waals surface area contributed by atoms with E-state index in [2.05, 4.69) is 20.9 Å². The fraction of sp³-hybridized carbons (Fsp3) is 0.500. The summed E-state index contributed by atoms with van der Waals surface area (Å²) in [7, 11) is 0. The number of hydrogen-bond acceptors (Lipinski definition) is 3. The molecule has 1 aliphatic heterocycles. The van der Waals surface area contributed by atoms with Crippen LogP contribution >= 0.6 is 15.9 Å². The molecule has 114 valence electrons. The smallest absolute Gasteiger partial charge is 0.303 e. The summed E-state index contributed by atoms with van der Waals surface area (Å²) in [5, 5.41) is 8.73. The molecule has 0 spiro atoms. The van der Waals surface area contributed by atoms with Crippen molar-refractivity contribution in [3.8, 4) is 0 Å². The standard InChI is InChI=1S/C14H17BrN2O4/c15-11-6-10(7-16-13(11)20)14(21)17-5-1-2-9(8-17)3-4-12(18)19/h6-7,9H,1-5,8H2,(H,16,20)(H,18,19)/t9-/m0/s1. The number of rotatable bonds is 4. The van der Waals surface area contributed by atoms with E-state index in [1.807, 2.05) is 0 Å². The van der Waals surface area contributed by atoms with E-state index < -0.39 is 5.97 Å². The van der Waals surface area contributed by atoms with Crippen LogP contribution in [0, 0.1) is 5.92 Å². The molecule has 7 heteroatoms. The van der Waals surface area contributed by atoms with Gasteiger partial charge in [-0.3, -0.25) is 14.4 Å². The number of pyridine rings is 1. The number of aromatic amines is 1. The average molecular weight is 357 g/mol. The molecule has 1 atom stereocenters. The molecular weight excluding hydrogens is 340 g/mol. The molecule has 1 saturated heterocycles. The first kappa shape index (κ1) is 15.8. The maximum atomic E-state index is 12.4. The van der Waals surface area contributed by atoms with E-state index in [0.717, 1.165) is 12.8 Å². The molecule has 1 fully saturated rings. The van der Waals surface area contributed by atoms with Crippen LogP contribution < -0.4 is 5.56 Å². The summed E-state index contributed by atoms with van der Waals surface area (Å²) in [6, 6.07) is 1.52. The van der Waals surface area contributed by atoms with Crippen LogP contribution in [0.1, 0.15) is 36.0 Å². The molecule has 2 heterocycles.